The highest BCUT2D eigenvalue weighted by Crippen LogP contribution is 2.20. The summed E-state index contributed by atoms with van der Waals surface area (Å²) in [5, 5.41) is 3.02. The summed E-state index contributed by atoms with van der Waals surface area (Å²) >= 11 is 0. The Balaban J connectivity index is 1.35. The topological polar surface area (TPSA) is 54.0 Å². The normalized spacial score (nSPS) is 14.6. The molecule has 6 heteroatoms. The molecular weight excluding hydrogens is 354 g/mol. The van der Waals surface area contributed by atoms with Crippen LogP contribution in [0.2, 0.25) is 0 Å². The van der Waals surface area contributed by atoms with Crippen LogP contribution in [0.15, 0.2) is 48.5 Å². The molecule has 1 aliphatic heterocycles. The van der Waals surface area contributed by atoms with Gasteiger partial charge in [-0.2, -0.15) is 0 Å². The van der Waals surface area contributed by atoms with Gasteiger partial charge in [-0.25, -0.2) is 0 Å². The van der Waals surface area contributed by atoms with Gasteiger partial charge in [0.25, 0.3) is 0 Å². The summed E-state index contributed by atoms with van der Waals surface area (Å²) in [7, 11) is 3.32. The van der Waals surface area contributed by atoms with E-state index in [2.05, 4.69) is 27.2 Å². The van der Waals surface area contributed by atoms with Crippen molar-refractivity contribution < 1.29 is 14.3 Å². The molecule has 2 aromatic carbocycles. The summed E-state index contributed by atoms with van der Waals surface area (Å²) in [6.07, 6.45) is 0.398. The van der Waals surface area contributed by atoms with Crippen LogP contribution in [-0.4, -0.2) is 64.3 Å². The van der Waals surface area contributed by atoms with Gasteiger partial charge in [0, 0.05) is 45.0 Å². The predicted octanol–water partition coefficient (Wildman–Crippen LogP) is 2.18. The summed E-state index contributed by atoms with van der Waals surface area (Å²) in [5.74, 6) is 1.74. The Labute approximate surface area is 167 Å². The molecule has 2 aromatic rings. The van der Waals surface area contributed by atoms with Crippen molar-refractivity contribution in [3.8, 4) is 11.5 Å². The SMILES string of the molecule is COc1ccc(CC(=O)NCCN2CCN(c3ccc(OC)cc3)CC2)cc1. The lowest BCUT2D eigenvalue weighted by Gasteiger charge is -2.36. The van der Waals surface area contributed by atoms with Crippen LogP contribution in [0.4, 0.5) is 5.69 Å². The number of benzene rings is 2. The van der Waals surface area contributed by atoms with E-state index >= 15 is 0 Å². The molecule has 150 valence electrons. The summed E-state index contributed by atoms with van der Waals surface area (Å²) in [4.78, 5) is 16.9. The molecule has 1 heterocycles. The molecule has 0 unspecified atom stereocenters. The number of anilines is 1. The van der Waals surface area contributed by atoms with Gasteiger partial charge in [-0.1, -0.05) is 12.1 Å². The standard InChI is InChI=1S/C22H29N3O3/c1-27-20-7-3-18(4-8-20)17-22(26)23-11-12-24-13-15-25(16-14-24)19-5-9-21(28-2)10-6-19/h3-10H,11-17H2,1-2H3,(H,23,26). The Morgan fingerprint density at radius 3 is 2.04 bits per heavy atom. The first-order chi connectivity index (χ1) is 13.7. The van der Waals surface area contributed by atoms with Crippen LogP contribution in [0.5, 0.6) is 11.5 Å². The zero-order valence-corrected chi connectivity index (χ0v) is 16.7. The number of nitrogens with zero attached hydrogens (tertiary/aromatic N) is 2. The van der Waals surface area contributed by atoms with Crippen molar-refractivity contribution >= 4 is 11.6 Å². The number of methoxy groups -OCH3 is 2. The van der Waals surface area contributed by atoms with Gasteiger partial charge in [-0.15, -0.1) is 0 Å². The molecule has 0 spiro atoms. The van der Waals surface area contributed by atoms with Gasteiger partial charge < -0.3 is 19.7 Å². The highest BCUT2D eigenvalue weighted by molar-refractivity contribution is 5.78. The fourth-order valence-electron chi connectivity index (χ4n) is 3.37. The van der Waals surface area contributed by atoms with Gasteiger partial charge in [0.05, 0.1) is 20.6 Å². The maximum atomic E-state index is 12.1. The predicted molar refractivity (Wildman–Crippen MR) is 111 cm³/mol. The Hall–Kier alpha value is -2.73. The van der Waals surface area contributed by atoms with E-state index in [1.54, 1.807) is 14.2 Å². The first-order valence-electron chi connectivity index (χ1n) is 9.69. The average molecular weight is 383 g/mol. The lowest BCUT2D eigenvalue weighted by molar-refractivity contribution is -0.120. The smallest absolute Gasteiger partial charge is 0.224 e. The largest absolute Gasteiger partial charge is 0.497 e. The van der Waals surface area contributed by atoms with Crippen molar-refractivity contribution in [3.05, 3.63) is 54.1 Å². The van der Waals surface area contributed by atoms with E-state index in [9.17, 15) is 4.79 Å². The number of rotatable bonds is 8. The molecule has 0 aromatic heterocycles. The molecule has 28 heavy (non-hydrogen) atoms. The fraction of sp³-hybridized carbons (Fsp3) is 0.409. The summed E-state index contributed by atoms with van der Waals surface area (Å²) in [6.45, 7) is 5.54. The first kappa shape index (κ1) is 20.0. The lowest BCUT2D eigenvalue weighted by Crippen LogP contribution is -2.48. The van der Waals surface area contributed by atoms with Crippen LogP contribution in [-0.2, 0) is 11.2 Å². The van der Waals surface area contributed by atoms with Crippen molar-refractivity contribution in [1.82, 2.24) is 10.2 Å². The van der Waals surface area contributed by atoms with E-state index in [1.807, 2.05) is 36.4 Å². The van der Waals surface area contributed by atoms with E-state index in [4.69, 9.17) is 9.47 Å². The molecular formula is C22H29N3O3. The van der Waals surface area contributed by atoms with E-state index in [1.165, 1.54) is 5.69 Å². The van der Waals surface area contributed by atoms with Crippen molar-refractivity contribution in [2.75, 3.05) is 58.4 Å². The Morgan fingerprint density at radius 1 is 0.893 bits per heavy atom. The minimum absolute atomic E-state index is 0.0574. The number of amides is 1. The minimum atomic E-state index is 0.0574. The summed E-state index contributed by atoms with van der Waals surface area (Å²) < 4.78 is 10.4. The molecule has 0 radical (unpaired) electrons. The van der Waals surface area contributed by atoms with E-state index in [0.717, 1.165) is 49.8 Å². The molecule has 3 rings (SSSR count). The molecule has 0 saturated carbocycles. The highest BCUT2D eigenvalue weighted by Gasteiger charge is 2.17. The quantitative estimate of drug-likeness (QED) is 0.757. The molecule has 6 nitrogen and oxygen atoms in total. The number of hydrogen-bond donors (Lipinski definition) is 1. The molecule has 0 atom stereocenters. The van der Waals surface area contributed by atoms with Crippen LogP contribution >= 0.6 is 0 Å². The second-order valence-electron chi connectivity index (χ2n) is 6.90. The number of carbonyl (C=O) groups excluding carboxylic acids is 1. The van der Waals surface area contributed by atoms with Gasteiger partial charge in [-0.3, -0.25) is 9.69 Å². The van der Waals surface area contributed by atoms with Crippen LogP contribution in [0, 0.1) is 0 Å². The Kier molecular flexibility index (Phi) is 7.14. The maximum Gasteiger partial charge on any atom is 0.224 e. The van der Waals surface area contributed by atoms with Crippen LogP contribution in [0.25, 0.3) is 0 Å². The fourth-order valence-corrected chi connectivity index (χ4v) is 3.37. The van der Waals surface area contributed by atoms with E-state index in [0.29, 0.717) is 13.0 Å². The minimum Gasteiger partial charge on any atom is -0.497 e. The van der Waals surface area contributed by atoms with Crippen LogP contribution < -0.4 is 19.7 Å². The summed E-state index contributed by atoms with van der Waals surface area (Å²) in [5.41, 5.74) is 2.22. The van der Waals surface area contributed by atoms with Gasteiger partial charge >= 0.3 is 0 Å². The van der Waals surface area contributed by atoms with E-state index < -0.39 is 0 Å². The number of carbonyl (C=O) groups is 1. The van der Waals surface area contributed by atoms with Crippen molar-refractivity contribution in [2.24, 2.45) is 0 Å². The second-order valence-corrected chi connectivity index (χ2v) is 6.90. The third-order valence-electron chi connectivity index (χ3n) is 5.08. The third kappa shape index (κ3) is 5.63. The molecule has 0 bridgehead atoms. The Morgan fingerprint density at radius 2 is 1.46 bits per heavy atom. The lowest BCUT2D eigenvalue weighted by atomic mass is 10.1. The van der Waals surface area contributed by atoms with Crippen molar-refractivity contribution in [1.29, 1.82) is 0 Å². The van der Waals surface area contributed by atoms with Crippen molar-refractivity contribution in [2.45, 2.75) is 6.42 Å². The molecule has 1 fully saturated rings. The van der Waals surface area contributed by atoms with Gasteiger partial charge in [0.1, 0.15) is 11.5 Å². The molecule has 1 saturated heterocycles. The van der Waals surface area contributed by atoms with Gasteiger partial charge in [-0.05, 0) is 42.0 Å². The van der Waals surface area contributed by atoms with Crippen LogP contribution in [0.3, 0.4) is 0 Å². The molecule has 1 amide bonds. The zero-order chi connectivity index (χ0) is 19.8. The zero-order valence-electron chi connectivity index (χ0n) is 16.7. The third-order valence-corrected chi connectivity index (χ3v) is 5.08. The van der Waals surface area contributed by atoms with Gasteiger partial charge in [0.15, 0.2) is 0 Å². The molecule has 0 aliphatic carbocycles. The van der Waals surface area contributed by atoms with E-state index in [-0.39, 0.29) is 5.91 Å². The van der Waals surface area contributed by atoms with Crippen LogP contribution in [0.1, 0.15) is 5.56 Å². The number of piperazine rings is 1. The highest BCUT2D eigenvalue weighted by atomic mass is 16.5. The number of ether oxygens (including phenoxy) is 2. The summed E-state index contributed by atoms with van der Waals surface area (Å²) in [6, 6.07) is 15.8. The van der Waals surface area contributed by atoms with Crippen molar-refractivity contribution in [3.63, 3.8) is 0 Å². The monoisotopic (exact) mass is 383 g/mol. The number of hydrogen-bond acceptors (Lipinski definition) is 5. The molecule has 1 N–H and O–H groups in total. The maximum absolute atomic E-state index is 12.1. The second kappa shape index (κ2) is 9.99. The molecule has 1 aliphatic rings. The van der Waals surface area contributed by atoms with Gasteiger partial charge in [0.2, 0.25) is 5.91 Å². The first-order valence-corrected chi connectivity index (χ1v) is 9.69. The Bertz CT molecular complexity index is 739. The average Bonchev–Trinajstić information content (AvgIpc) is 2.75. The number of nitrogens with one attached hydrogen (secondary N) is 1.